The van der Waals surface area contributed by atoms with Crippen LogP contribution in [0.5, 0.6) is 5.75 Å². The van der Waals surface area contributed by atoms with Crippen LogP contribution in [-0.2, 0) is 11.2 Å². The van der Waals surface area contributed by atoms with Crippen LogP contribution >= 0.6 is 0 Å². The molecule has 24 heavy (non-hydrogen) atoms. The molecule has 0 saturated heterocycles. The number of fused-ring (bicyclic) bond motifs is 2. The summed E-state index contributed by atoms with van der Waals surface area (Å²) < 4.78 is 19.2. The summed E-state index contributed by atoms with van der Waals surface area (Å²) in [6.07, 6.45) is 0.0134. The van der Waals surface area contributed by atoms with E-state index in [1.807, 2.05) is 0 Å². The van der Waals surface area contributed by atoms with E-state index in [1.54, 1.807) is 36.1 Å². The number of carbonyl (C=O) groups is 2. The van der Waals surface area contributed by atoms with E-state index in [1.165, 1.54) is 12.1 Å². The summed E-state index contributed by atoms with van der Waals surface area (Å²) in [4.78, 5) is 26.3. The number of benzene rings is 2. The molecule has 0 spiro atoms. The Morgan fingerprint density at radius 1 is 1.33 bits per heavy atom. The fraction of sp³-hybridized carbons (Fsp3) is 0.222. The van der Waals surface area contributed by atoms with Crippen LogP contribution in [0.4, 0.5) is 15.8 Å². The van der Waals surface area contributed by atoms with E-state index in [9.17, 15) is 14.0 Å². The van der Waals surface area contributed by atoms with Gasteiger partial charge in [-0.15, -0.1) is 0 Å². The summed E-state index contributed by atoms with van der Waals surface area (Å²) in [6, 6.07) is 9.51. The lowest BCUT2D eigenvalue weighted by Crippen LogP contribution is -2.36. The van der Waals surface area contributed by atoms with Crippen LogP contribution in [0.2, 0.25) is 0 Å². The molecule has 0 unspecified atom stereocenters. The molecule has 2 aromatic rings. The van der Waals surface area contributed by atoms with Gasteiger partial charge in [-0.3, -0.25) is 9.59 Å². The van der Waals surface area contributed by atoms with Gasteiger partial charge >= 0.3 is 0 Å². The zero-order valence-electron chi connectivity index (χ0n) is 13.0. The number of hydrogen-bond donors (Lipinski definition) is 1. The van der Waals surface area contributed by atoms with Crippen LogP contribution in [-0.4, -0.2) is 24.5 Å². The molecule has 0 fully saturated rings. The third-order valence-corrected chi connectivity index (χ3v) is 4.36. The lowest BCUT2D eigenvalue weighted by molar-refractivity contribution is -0.122. The molecule has 6 heteroatoms. The number of amides is 2. The second kappa shape index (κ2) is 5.33. The number of ether oxygens (including phenoxy) is 1. The molecule has 0 aliphatic carbocycles. The minimum atomic E-state index is -0.672. The molecular formula is C18H15FN2O3. The fourth-order valence-corrected chi connectivity index (χ4v) is 3.10. The number of carbonyl (C=O) groups excluding carboxylic acids is 2. The summed E-state index contributed by atoms with van der Waals surface area (Å²) in [5, 5.41) is 2.73. The van der Waals surface area contributed by atoms with Crippen molar-refractivity contribution in [3.63, 3.8) is 0 Å². The standard InChI is InChI=1S/C18H15FN2O3/c1-10-17(22)20-14-4-2-3-13(16(14)24-10)18(23)21-8-7-11-5-6-12(19)9-15(11)21/h2-6,9-10H,7-8H2,1H3,(H,20,22)/t10-/m1/s1. The van der Waals surface area contributed by atoms with Gasteiger partial charge in [0.05, 0.1) is 16.9 Å². The van der Waals surface area contributed by atoms with Crippen LogP contribution < -0.4 is 15.0 Å². The lowest BCUT2D eigenvalue weighted by Gasteiger charge is -2.26. The molecule has 0 aromatic heterocycles. The maximum absolute atomic E-state index is 13.6. The Hall–Kier alpha value is -2.89. The van der Waals surface area contributed by atoms with Gasteiger partial charge in [-0.2, -0.15) is 0 Å². The van der Waals surface area contributed by atoms with E-state index in [0.29, 0.717) is 35.7 Å². The minimum absolute atomic E-state index is 0.249. The van der Waals surface area contributed by atoms with Crippen molar-refractivity contribution in [1.82, 2.24) is 0 Å². The predicted molar refractivity (Wildman–Crippen MR) is 86.9 cm³/mol. The van der Waals surface area contributed by atoms with Crippen molar-refractivity contribution in [3.8, 4) is 5.75 Å². The number of anilines is 2. The number of rotatable bonds is 1. The maximum Gasteiger partial charge on any atom is 0.265 e. The molecule has 2 amide bonds. The maximum atomic E-state index is 13.6. The molecule has 0 bridgehead atoms. The van der Waals surface area contributed by atoms with E-state index < -0.39 is 6.10 Å². The largest absolute Gasteiger partial charge is 0.478 e. The van der Waals surface area contributed by atoms with Crippen LogP contribution in [0.15, 0.2) is 36.4 Å². The minimum Gasteiger partial charge on any atom is -0.478 e. The highest BCUT2D eigenvalue weighted by atomic mass is 19.1. The van der Waals surface area contributed by atoms with E-state index >= 15 is 0 Å². The smallest absolute Gasteiger partial charge is 0.265 e. The van der Waals surface area contributed by atoms with Crippen molar-refractivity contribution < 1.29 is 18.7 Å². The molecule has 0 saturated carbocycles. The lowest BCUT2D eigenvalue weighted by atomic mass is 10.1. The normalized spacial score (nSPS) is 18.5. The van der Waals surface area contributed by atoms with Crippen LogP contribution in [0.25, 0.3) is 0 Å². The first kappa shape index (κ1) is 14.7. The molecule has 2 aliphatic heterocycles. The molecule has 2 aliphatic rings. The van der Waals surface area contributed by atoms with Gasteiger partial charge in [0.15, 0.2) is 11.9 Å². The van der Waals surface area contributed by atoms with E-state index in [0.717, 1.165) is 5.56 Å². The molecule has 4 rings (SSSR count). The van der Waals surface area contributed by atoms with Gasteiger partial charge < -0.3 is 15.0 Å². The molecule has 122 valence electrons. The summed E-state index contributed by atoms with van der Waals surface area (Å²) in [5.74, 6) is -0.527. The molecule has 2 heterocycles. The van der Waals surface area contributed by atoms with Crippen molar-refractivity contribution in [2.24, 2.45) is 0 Å². The van der Waals surface area contributed by atoms with Gasteiger partial charge in [-0.1, -0.05) is 12.1 Å². The van der Waals surface area contributed by atoms with Crippen molar-refractivity contribution in [1.29, 1.82) is 0 Å². The predicted octanol–water partition coefficient (Wildman–Crippen LogP) is 2.75. The molecule has 2 aromatic carbocycles. The van der Waals surface area contributed by atoms with Gasteiger partial charge in [0.2, 0.25) is 0 Å². The van der Waals surface area contributed by atoms with Crippen LogP contribution in [0, 0.1) is 5.82 Å². The van der Waals surface area contributed by atoms with Crippen molar-refractivity contribution in [2.75, 3.05) is 16.8 Å². The summed E-state index contributed by atoms with van der Waals surface area (Å²) in [6.45, 7) is 2.11. The first-order chi connectivity index (χ1) is 11.5. The van der Waals surface area contributed by atoms with Gasteiger partial charge in [0.25, 0.3) is 11.8 Å². The second-order valence-corrected chi connectivity index (χ2v) is 5.91. The molecule has 5 nitrogen and oxygen atoms in total. The number of nitrogens with zero attached hydrogens (tertiary/aromatic N) is 1. The molecule has 0 radical (unpaired) electrons. The van der Waals surface area contributed by atoms with Gasteiger partial charge in [-0.25, -0.2) is 4.39 Å². The Morgan fingerprint density at radius 3 is 3.00 bits per heavy atom. The van der Waals surface area contributed by atoms with E-state index in [2.05, 4.69) is 5.32 Å². The Morgan fingerprint density at radius 2 is 2.17 bits per heavy atom. The first-order valence-electron chi connectivity index (χ1n) is 7.75. The second-order valence-electron chi connectivity index (χ2n) is 5.91. The Bertz CT molecular complexity index is 865. The Labute approximate surface area is 138 Å². The SMILES string of the molecule is C[C@H]1Oc2c(cccc2C(=O)N2CCc3ccc(F)cc32)NC1=O. The Balaban J connectivity index is 1.74. The average Bonchev–Trinajstić information content (AvgIpc) is 2.97. The molecule has 1 atom stereocenters. The zero-order chi connectivity index (χ0) is 16.8. The first-order valence-corrected chi connectivity index (χ1v) is 7.75. The number of hydrogen-bond acceptors (Lipinski definition) is 3. The van der Waals surface area contributed by atoms with Gasteiger partial charge in [-0.05, 0) is 43.2 Å². The van der Waals surface area contributed by atoms with Crippen molar-refractivity contribution in [2.45, 2.75) is 19.4 Å². The number of halogens is 1. The molecule has 1 N–H and O–H groups in total. The van der Waals surface area contributed by atoms with Crippen molar-refractivity contribution in [3.05, 3.63) is 53.3 Å². The zero-order valence-corrected chi connectivity index (χ0v) is 13.0. The fourth-order valence-electron chi connectivity index (χ4n) is 3.10. The average molecular weight is 326 g/mol. The highest BCUT2D eigenvalue weighted by molar-refractivity contribution is 6.11. The van der Waals surface area contributed by atoms with E-state index in [-0.39, 0.29) is 17.6 Å². The summed E-state index contributed by atoms with van der Waals surface area (Å²) in [7, 11) is 0. The highest BCUT2D eigenvalue weighted by Crippen LogP contribution is 2.36. The van der Waals surface area contributed by atoms with Gasteiger partial charge in [0.1, 0.15) is 5.82 Å². The summed E-state index contributed by atoms with van der Waals surface area (Å²) in [5.41, 5.74) is 2.36. The number of nitrogens with one attached hydrogen (secondary N) is 1. The highest BCUT2D eigenvalue weighted by Gasteiger charge is 2.32. The summed E-state index contributed by atoms with van der Waals surface area (Å²) >= 11 is 0. The third-order valence-electron chi connectivity index (χ3n) is 4.36. The van der Waals surface area contributed by atoms with Crippen LogP contribution in [0.3, 0.4) is 0 Å². The third kappa shape index (κ3) is 2.22. The van der Waals surface area contributed by atoms with Crippen LogP contribution in [0.1, 0.15) is 22.8 Å². The quantitative estimate of drug-likeness (QED) is 0.877. The van der Waals surface area contributed by atoms with Crippen molar-refractivity contribution >= 4 is 23.2 Å². The van der Waals surface area contributed by atoms with E-state index in [4.69, 9.17) is 4.74 Å². The topological polar surface area (TPSA) is 58.6 Å². The number of para-hydroxylation sites is 1. The Kier molecular flexibility index (Phi) is 3.26. The molecular weight excluding hydrogens is 311 g/mol. The van der Waals surface area contributed by atoms with Gasteiger partial charge in [0, 0.05) is 6.54 Å². The monoisotopic (exact) mass is 326 g/mol.